The lowest BCUT2D eigenvalue weighted by Crippen LogP contribution is -2.36. The molecule has 18 heavy (non-hydrogen) atoms. The number of rotatable bonds is 6. The number of aryl methyl sites for hydroxylation is 2. The first-order chi connectivity index (χ1) is 8.56. The van der Waals surface area contributed by atoms with E-state index < -0.39 is 0 Å². The van der Waals surface area contributed by atoms with E-state index in [1.807, 2.05) is 25.6 Å². The van der Waals surface area contributed by atoms with Crippen LogP contribution in [0, 0.1) is 13.8 Å². The van der Waals surface area contributed by atoms with E-state index in [-0.39, 0.29) is 6.03 Å². The molecule has 102 valence electrons. The molecule has 0 aromatic carbocycles. The highest BCUT2D eigenvalue weighted by molar-refractivity contribution is 5.73. The molecule has 2 amide bonds. The second-order valence-electron chi connectivity index (χ2n) is 4.23. The highest BCUT2D eigenvalue weighted by Crippen LogP contribution is 2.10. The van der Waals surface area contributed by atoms with Gasteiger partial charge < -0.3 is 15.4 Å². The lowest BCUT2D eigenvalue weighted by molar-refractivity contribution is 0.193. The molecule has 0 saturated carbocycles. The number of urea groups is 1. The second-order valence-corrected chi connectivity index (χ2v) is 4.23. The number of amides is 2. The van der Waals surface area contributed by atoms with E-state index >= 15 is 0 Å². The Hall–Kier alpha value is -1.56. The zero-order valence-electron chi connectivity index (χ0n) is 11.5. The Morgan fingerprint density at radius 1 is 1.39 bits per heavy atom. The Bertz CT molecular complexity index is 401. The predicted octanol–water partition coefficient (Wildman–Crippen LogP) is 0.873. The maximum atomic E-state index is 11.5. The van der Waals surface area contributed by atoms with Gasteiger partial charge in [-0.15, -0.1) is 0 Å². The average molecular weight is 254 g/mol. The number of hydrogen-bond acceptors (Lipinski definition) is 3. The molecule has 1 rings (SSSR count). The minimum Gasteiger partial charge on any atom is -0.385 e. The van der Waals surface area contributed by atoms with E-state index in [9.17, 15) is 4.79 Å². The van der Waals surface area contributed by atoms with Gasteiger partial charge in [0.2, 0.25) is 0 Å². The fourth-order valence-corrected chi connectivity index (χ4v) is 1.72. The maximum absolute atomic E-state index is 11.5. The van der Waals surface area contributed by atoms with Crippen molar-refractivity contribution in [2.24, 2.45) is 7.05 Å². The van der Waals surface area contributed by atoms with Gasteiger partial charge in [0, 0.05) is 45.1 Å². The molecule has 6 nitrogen and oxygen atoms in total. The molecular formula is C12H22N4O2. The lowest BCUT2D eigenvalue weighted by Gasteiger charge is -2.07. The van der Waals surface area contributed by atoms with Crippen molar-refractivity contribution in [3.63, 3.8) is 0 Å². The van der Waals surface area contributed by atoms with Crippen LogP contribution in [-0.4, -0.2) is 36.1 Å². The van der Waals surface area contributed by atoms with Gasteiger partial charge in [0.25, 0.3) is 0 Å². The molecule has 0 aliphatic carbocycles. The quantitative estimate of drug-likeness (QED) is 0.740. The van der Waals surface area contributed by atoms with Crippen molar-refractivity contribution >= 4 is 6.03 Å². The average Bonchev–Trinajstić information content (AvgIpc) is 2.57. The van der Waals surface area contributed by atoms with E-state index in [0.717, 1.165) is 23.4 Å². The first kappa shape index (κ1) is 14.5. The molecular weight excluding hydrogens is 232 g/mol. The SMILES string of the molecule is COCCCNC(=O)NCc1c(C)nn(C)c1C. The van der Waals surface area contributed by atoms with Gasteiger partial charge in [0.05, 0.1) is 5.69 Å². The van der Waals surface area contributed by atoms with Gasteiger partial charge in [-0.3, -0.25) is 4.68 Å². The lowest BCUT2D eigenvalue weighted by atomic mass is 10.2. The summed E-state index contributed by atoms with van der Waals surface area (Å²) in [5, 5.41) is 9.91. The van der Waals surface area contributed by atoms with Crippen molar-refractivity contribution in [3.8, 4) is 0 Å². The number of carbonyl (C=O) groups excluding carboxylic acids is 1. The van der Waals surface area contributed by atoms with Crippen molar-refractivity contribution < 1.29 is 9.53 Å². The summed E-state index contributed by atoms with van der Waals surface area (Å²) in [6, 6.07) is -0.159. The molecule has 0 atom stereocenters. The fraction of sp³-hybridized carbons (Fsp3) is 0.667. The Kier molecular flexibility index (Phi) is 5.64. The van der Waals surface area contributed by atoms with Crippen molar-refractivity contribution in [2.75, 3.05) is 20.3 Å². The summed E-state index contributed by atoms with van der Waals surface area (Å²) in [4.78, 5) is 11.5. The molecule has 2 N–H and O–H groups in total. The molecule has 6 heteroatoms. The molecule has 0 radical (unpaired) electrons. The molecule has 0 spiro atoms. The van der Waals surface area contributed by atoms with E-state index in [1.165, 1.54) is 0 Å². The molecule has 0 bridgehead atoms. The number of nitrogens with one attached hydrogen (secondary N) is 2. The monoisotopic (exact) mass is 254 g/mol. The number of hydrogen-bond donors (Lipinski definition) is 2. The highest BCUT2D eigenvalue weighted by atomic mass is 16.5. The zero-order chi connectivity index (χ0) is 13.5. The van der Waals surface area contributed by atoms with Gasteiger partial charge in [-0.05, 0) is 20.3 Å². The number of ether oxygens (including phenoxy) is 1. The smallest absolute Gasteiger partial charge is 0.315 e. The first-order valence-corrected chi connectivity index (χ1v) is 6.06. The van der Waals surface area contributed by atoms with Gasteiger partial charge in [-0.2, -0.15) is 5.10 Å². The van der Waals surface area contributed by atoms with Crippen LogP contribution in [0.25, 0.3) is 0 Å². The maximum Gasteiger partial charge on any atom is 0.315 e. The van der Waals surface area contributed by atoms with Gasteiger partial charge >= 0.3 is 6.03 Å². The van der Waals surface area contributed by atoms with Crippen LogP contribution in [0.2, 0.25) is 0 Å². The van der Waals surface area contributed by atoms with Crippen molar-refractivity contribution in [1.29, 1.82) is 0 Å². The van der Waals surface area contributed by atoms with Crippen LogP contribution in [-0.2, 0) is 18.3 Å². The van der Waals surface area contributed by atoms with Crippen molar-refractivity contribution in [2.45, 2.75) is 26.8 Å². The standard InChI is InChI=1S/C12H22N4O2/c1-9-11(10(2)16(3)15-9)8-14-12(17)13-6-5-7-18-4/h5-8H2,1-4H3,(H2,13,14,17). The van der Waals surface area contributed by atoms with E-state index in [0.29, 0.717) is 19.7 Å². The molecule has 1 aromatic rings. The third-order valence-electron chi connectivity index (χ3n) is 2.90. The van der Waals surface area contributed by atoms with Crippen LogP contribution in [0.5, 0.6) is 0 Å². The highest BCUT2D eigenvalue weighted by Gasteiger charge is 2.09. The van der Waals surface area contributed by atoms with Gasteiger partial charge in [-0.25, -0.2) is 4.79 Å². The summed E-state index contributed by atoms with van der Waals surface area (Å²) in [5.41, 5.74) is 3.10. The Morgan fingerprint density at radius 3 is 2.67 bits per heavy atom. The summed E-state index contributed by atoms with van der Waals surface area (Å²) in [5.74, 6) is 0. The van der Waals surface area contributed by atoms with E-state index in [2.05, 4.69) is 15.7 Å². The molecule has 0 saturated heterocycles. The van der Waals surface area contributed by atoms with Crippen LogP contribution in [0.1, 0.15) is 23.4 Å². The topological polar surface area (TPSA) is 68.2 Å². The molecule has 0 unspecified atom stereocenters. The van der Waals surface area contributed by atoms with Crippen LogP contribution >= 0.6 is 0 Å². The molecule has 0 fully saturated rings. The van der Waals surface area contributed by atoms with Crippen LogP contribution in [0.15, 0.2) is 0 Å². The van der Waals surface area contributed by atoms with Crippen LogP contribution in [0.4, 0.5) is 4.79 Å². The normalized spacial score (nSPS) is 10.4. The zero-order valence-corrected chi connectivity index (χ0v) is 11.5. The van der Waals surface area contributed by atoms with Gasteiger partial charge in [0.1, 0.15) is 0 Å². The third kappa shape index (κ3) is 4.03. The van der Waals surface area contributed by atoms with Crippen LogP contribution in [0.3, 0.4) is 0 Å². The minimum atomic E-state index is -0.159. The van der Waals surface area contributed by atoms with Crippen LogP contribution < -0.4 is 10.6 Å². The molecule has 0 aliphatic heterocycles. The fourth-order valence-electron chi connectivity index (χ4n) is 1.72. The van der Waals surface area contributed by atoms with Crippen molar-refractivity contribution in [1.82, 2.24) is 20.4 Å². The number of aromatic nitrogens is 2. The predicted molar refractivity (Wildman–Crippen MR) is 69.4 cm³/mol. The second kappa shape index (κ2) is 7.00. The van der Waals surface area contributed by atoms with Crippen molar-refractivity contribution in [3.05, 3.63) is 17.0 Å². The van der Waals surface area contributed by atoms with Gasteiger partial charge in [-0.1, -0.05) is 0 Å². The largest absolute Gasteiger partial charge is 0.385 e. The third-order valence-corrected chi connectivity index (χ3v) is 2.90. The number of carbonyl (C=O) groups is 1. The first-order valence-electron chi connectivity index (χ1n) is 6.06. The Labute approximate surface area is 108 Å². The number of methoxy groups -OCH3 is 1. The number of nitrogens with zero attached hydrogens (tertiary/aromatic N) is 2. The summed E-state index contributed by atoms with van der Waals surface area (Å²) in [6.45, 7) is 5.71. The summed E-state index contributed by atoms with van der Waals surface area (Å²) in [7, 11) is 3.55. The van der Waals surface area contributed by atoms with Gasteiger partial charge in [0.15, 0.2) is 0 Å². The van der Waals surface area contributed by atoms with E-state index in [4.69, 9.17) is 4.74 Å². The molecule has 1 heterocycles. The Morgan fingerprint density at radius 2 is 2.11 bits per heavy atom. The molecule has 1 aromatic heterocycles. The van der Waals surface area contributed by atoms with E-state index in [1.54, 1.807) is 7.11 Å². The summed E-state index contributed by atoms with van der Waals surface area (Å²) in [6.07, 6.45) is 0.814. The summed E-state index contributed by atoms with van der Waals surface area (Å²) >= 11 is 0. The summed E-state index contributed by atoms with van der Waals surface area (Å²) < 4.78 is 6.73. The molecule has 0 aliphatic rings. The Balaban J connectivity index is 2.34. The minimum absolute atomic E-state index is 0.159.